The third-order valence-electron chi connectivity index (χ3n) is 4.93. The molecule has 2 aliphatic rings. The van der Waals surface area contributed by atoms with E-state index in [0.717, 1.165) is 37.4 Å². The van der Waals surface area contributed by atoms with Crippen LogP contribution in [0.4, 0.5) is 0 Å². The first-order valence-electron chi connectivity index (χ1n) is 8.97. The summed E-state index contributed by atoms with van der Waals surface area (Å²) in [7, 11) is 0. The van der Waals surface area contributed by atoms with Crippen molar-refractivity contribution < 1.29 is 14.0 Å². The molecule has 0 saturated carbocycles. The van der Waals surface area contributed by atoms with Crippen LogP contribution in [-0.2, 0) is 16.0 Å². The molecule has 10 heteroatoms. The third kappa shape index (κ3) is 5.05. The van der Waals surface area contributed by atoms with E-state index in [4.69, 9.17) is 4.42 Å². The van der Waals surface area contributed by atoms with Gasteiger partial charge >= 0.3 is 0 Å². The molecule has 2 amide bonds. The van der Waals surface area contributed by atoms with Crippen LogP contribution in [0.25, 0.3) is 10.8 Å². The SMILES string of the molecule is Cl.Cl.O=C(Cc1coc(-c2cccs2)n1)N1CCCC(N2CCNCC2=O)C1. The maximum Gasteiger partial charge on any atom is 0.236 e. The lowest BCUT2D eigenvalue weighted by Gasteiger charge is -2.41. The van der Waals surface area contributed by atoms with Crippen LogP contribution in [0.2, 0.25) is 0 Å². The Morgan fingerprint density at radius 1 is 1.36 bits per heavy atom. The first kappa shape index (κ1) is 22.7. The lowest BCUT2D eigenvalue weighted by Crippen LogP contribution is -2.57. The summed E-state index contributed by atoms with van der Waals surface area (Å²) in [6.45, 7) is 3.29. The highest BCUT2D eigenvalue weighted by Gasteiger charge is 2.31. The minimum Gasteiger partial charge on any atom is -0.444 e. The fraction of sp³-hybridized carbons (Fsp3) is 0.500. The average molecular weight is 447 g/mol. The van der Waals surface area contributed by atoms with Crippen LogP contribution in [0.5, 0.6) is 0 Å². The van der Waals surface area contributed by atoms with Gasteiger partial charge in [0.2, 0.25) is 17.7 Å². The molecule has 1 atom stereocenters. The summed E-state index contributed by atoms with van der Waals surface area (Å²) in [6, 6.07) is 4.02. The highest BCUT2D eigenvalue weighted by atomic mass is 35.5. The molecule has 0 aromatic carbocycles. The molecule has 0 spiro atoms. The summed E-state index contributed by atoms with van der Waals surface area (Å²) >= 11 is 1.56. The Kier molecular flexibility index (Phi) is 8.30. The lowest BCUT2D eigenvalue weighted by atomic mass is 10.0. The van der Waals surface area contributed by atoms with Crippen LogP contribution < -0.4 is 5.32 Å². The van der Waals surface area contributed by atoms with Crippen molar-refractivity contribution in [2.75, 3.05) is 32.7 Å². The van der Waals surface area contributed by atoms with Gasteiger partial charge in [0, 0.05) is 32.2 Å². The van der Waals surface area contributed by atoms with Gasteiger partial charge in [-0.1, -0.05) is 6.07 Å². The van der Waals surface area contributed by atoms with E-state index in [0.29, 0.717) is 24.7 Å². The Morgan fingerprint density at radius 3 is 2.96 bits per heavy atom. The van der Waals surface area contributed by atoms with Crippen molar-refractivity contribution in [3.8, 4) is 10.8 Å². The summed E-state index contributed by atoms with van der Waals surface area (Å²) in [5.74, 6) is 0.738. The van der Waals surface area contributed by atoms with E-state index in [1.807, 2.05) is 27.3 Å². The molecule has 2 saturated heterocycles. The van der Waals surface area contributed by atoms with Gasteiger partial charge < -0.3 is 19.5 Å². The molecule has 0 aliphatic carbocycles. The van der Waals surface area contributed by atoms with Gasteiger partial charge in [-0.3, -0.25) is 9.59 Å². The molecule has 1 unspecified atom stereocenters. The zero-order valence-corrected chi connectivity index (χ0v) is 17.8. The minimum atomic E-state index is 0. The van der Waals surface area contributed by atoms with Crippen molar-refractivity contribution in [1.29, 1.82) is 0 Å². The van der Waals surface area contributed by atoms with Gasteiger partial charge in [0.05, 0.1) is 23.5 Å². The molecule has 28 heavy (non-hydrogen) atoms. The van der Waals surface area contributed by atoms with E-state index < -0.39 is 0 Å². The fourth-order valence-electron chi connectivity index (χ4n) is 3.61. The number of oxazole rings is 1. The van der Waals surface area contributed by atoms with E-state index in [2.05, 4.69) is 10.3 Å². The molecule has 2 aromatic rings. The smallest absolute Gasteiger partial charge is 0.236 e. The van der Waals surface area contributed by atoms with Gasteiger partial charge in [0.25, 0.3) is 0 Å². The Morgan fingerprint density at radius 2 is 2.21 bits per heavy atom. The Bertz CT molecular complexity index is 784. The first-order chi connectivity index (χ1) is 12.7. The van der Waals surface area contributed by atoms with Crippen LogP contribution >= 0.6 is 36.2 Å². The molecule has 4 heterocycles. The van der Waals surface area contributed by atoms with Crippen molar-refractivity contribution in [3.63, 3.8) is 0 Å². The number of aromatic nitrogens is 1. The normalized spacial score (nSPS) is 19.7. The molecule has 1 N–H and O–H groups in total. The molecule has 0 radical (unpaired) electrons. The van der Waals surface area contributed by atoms with E-state index in [9.17, 15) is 9.59 Å². The number of halogens is 2. The number of hydrogen-bond acceptors (Lipinski definition) is 6. The largest absolute Gasteiger partial charge is 0.444 e. The number of amides is 2. The molecule has 4 rings (SSSR count). The topological polar surface area (TPSA) is 78.7 Å². The Labute approximate surface area is 180 Å². The highest BCUT2D eigenvalue weighted by Crippen LogP contribution is 2.24. The number of carbonyl (C=O) groups excluding carboxylic acids is 2. The third-order valence-corrected chi connectivity index (χ3v) is 5.79. The van der Waals surface area contributed by atoms with E-state index in [-0.39, 0.29) is 49.1 Å². The van der Waals surface area contributed by atoms with E-state index in [1.165, 1.54) is 0 Å². The van der Waals surface area contributed by atoms with Gasteiger partial charge in [0.1, 0.15) is 6.26 Å². The van der Waals surface area contributed by atoms with Crippen LogP contribution in [-0.4, -0.2) is 65.4 Å². The summed E-state index contributed by atoms with van der Waals surface area (Å²) in [5, 5.41) is 5.06. The summed E-state index contributed by atoms with van der Waals surface area (Å²) in [4.78, 5) is 34.0. The molecule has 2 aromatic heterocycles. The number of hydrogen-bond donors (Lipinski definition) is 1. The number of rotatable bonds is 4. The van der Waals surface area contributed by atoms with Crippen molar-refractivity contribution in [2.24, 2.45) is 0 Å². The molecule has 154 valence electrons. The standard InChI is InChI=1S/C18H22N4O3S.2ClH/c23-16(9-13-12-25-18(20-13)15-4-2-8-26-15)21-6-1-3-14(11-21)22-7-5-19-10-17(22)24;;/h2,4,8,12,14,19H,1,3,5-7,9-11H2;2*1H. The molecule has 7 nitrogen and oxygen atoms in total. The number of thiophene rings is 1. The number of piperazine rings is 1. The van der Waals surface area contributed by atoms with Gasteiger partial charge in [-0.15, -0.1) is 36.2 Å². The molecular weight excluding hydrogens is 423 g/mol. The Balaban J connectivity index is 0.00000140. The van der Waals surface area contributed by atoms with Crippen molar-refractivity contribution in [2.45, 2.75) is 25.3 Å². The van der Waals surface area contributed by atoms with Gasteiger partial charge in [-0.05, 0) is 24.3 Å². The van der Waals surface area contributed by atoms with Crippen LogP contribution in [0.3, 0.4) is 0 Å². The van der Waals surface area contributed by atoms with Crippen molar-refractivity contribution >= 4 is 48.0 Å². The first-order valence-corrected chi connectivity index (χ1v) is 9.85. The Hall–Kier alpha value is -1.61. The van der Waals surface area contributed by atoms with Crippen LogP contribution in [0, 0.1) is 0 Å². The minimum absolute atomic E-state index is 0. The summed E-state index contributed by atoms with van der Waals surface area (Å²) < 4.78 is 5.50. The zero-order chi connectivity index (χ0) is 17.9. The summed E-state index contributed by atoms with van der Waals surface area (Å²) in [5.41, 5.74) is 0.652. The maximum absolute atomic E-state index is 12.7. The molecular formula is C18H24Cl2N4O3S. The van der Waals surface area contributed by atoms with Gasteiger partial charge in [-0.25, -0.2) is 4.98 Å². The zero-order valence-electron chi connectivity index (χ0n) is 15.3. The lowest BCUT2D eigenvalue weighted by molar-refractivity contribution is -0.140. The average Bonchev–Trinajstić information content (AvgIpc) is 3.34. The fourth-order valence-corrected chi connectivity index (χ4v) is 4.27. The second-order valence-corrected chi connectivity index (χ2v) is 7.65. The second-order valence-electron chi connectivity index (χ2n) is 6.70. The van der Waals surface area contributed by atoms with Crippen molar-refractivity contribution in [3.05, 3.63) is 29.5 Å². The predicted octanol–water partition coefficient (Wildman–Crippen LogP) is 2.21. The second kappa shape index (κ2) is 10.2. The monoisotopic (exact) mass is 446 g/mol. The van der Waals surface area contributed by atoms with Crippen molar-refractivity contribution in [1.82, 2.24) is 20.1 Å². The van der Waals surface area contributed by atoms with E-state index >= 15 is 0 Å². The number of carbonyl (C=O) groups is 2. The number of likely N-dealkylation sites (tertiary alicyclic amines) is 1. The number of nitrogens with one attached hydrogen (secondary N) is 1. The molecule has 2 aliphatic heterocycles. The maximum atomic E-state index is 12.7. The molecule has 0 bridgehead atoms. The number of piperidine rings is 1. The quantitative estimate of drug-likeness (QED) is 0.778. The number of nitrogens with zero attached hydrogens (tertiary/aromatic N) is 3. The van der Waals surface area contributed by atoms with Gasteiger partial charge in [-0.2, -0.15) is 0 Å². The molecule has 2 fully saturated rings. The predicted molar refractivity (Wildman–Crippen MR) is 112 cm³/mol. The van der Waals surface area contributed by atoms with E-state index in [1.54, 1.807) is 17.6 Å². The van der Waals surface area contributed by atoms with Crippen LogP contribution in [0.1, 0.15) is 18.5 Å². The summed E-state index contributed by atoms with van der Waals surface area (Å²) in [6.07, 6.45) is 3.68. The van der Waals surface area contributed by atoms with Gasteiger partial charge in [0.15, 0.2) is 0 Å². The van der Waals surface area contributed by atoms with Crippen LogP contribution in [0.15, 0.2) is 28.2 Å². The highest BCUT2D eigenvalue weighted by molar-refractivity contribution is 7.13.